The van der Waals surface area contributed by atoms with Gasteiger partial charge >= 0.3 is 0 Å². The Bertz CT molecular complexity index is 664. The molecule has 0 spiro atoms. The number of hydrogen-bond acceptors (Lipinski definition) is 3. The standard InChI is InChI=1S/C15H14N2O/c18-14-10-16-15(11-6-2-1-3-7-11)12-8-4-5-9-13(12)17-14/h2,4-6,8-11H,1,3,7H2/t11-/m1/s1. The highest BCUT2D eigenvalue weighted by Gasteiger charge is 2.15. The van der Waals surface area contributed by atoms with Crippen molar-refractivity contribution in [2.24, 2.45) is 0 Å². The molecule has 1 heterocycles. The lowest BCUT2D eigenvalue weighted by Crippen LogP contribution is -2.02. The third-order valence-corrected chi connectivity index (χ3v) is 3.33. The second kappa shape index (κ2) is 4.69. The van der Waals surface area contributed by atoms with Crippen molar-refractivity contribution < 1.29 is 0 Å². The smallest absolute Gasteiger partial charge is 0.266 e. The van der Waals surface area contributed by atoms with E-state index in [-0.39, 0.29) is 5.56 Å². The van der Waals surface area contributed by atoms with Crippen LogP contribution in [0.3, 0.4) is 0 Å². The zero-order chi connectivity index (χ0) is 12.4. The van der Waals surface area contributed by atoms with E-state index in [0.717, 1.165) is 29.4 Å². The van der Waals surface area contributed by atoms with Crippen LogP contribution in [-0.4, -0.2) is 9.97 Å². The van der Waals surface area contributed by atoms with E-state index < -0.39 is 0 Å². The van der Waals surface area contributed by atoms with Crippen molar-refractivity contribution >= 4 is 10.9 Å². The predicted octanol–water partition coefficient (Wildman–Crippen LogP) is 2.81. The van der Waals surface area contributed by atoms with Gasteiger partial charge in [-0.25, -0.2) is 4.98 Å². The molecule has 0 amide bonds. The number of allylic oxidation sites excluding steroid dienone is 2. The topological polar surface area (TPSA) is 42.9 Å². The van der Waals surface area contributed by atoms with Crippen molar-refractivity contribution in [2.45, 2.75) is 25.2 Å². The molecule has 1 aromatic heterocycles. The lowest BCUT2D eigenvalue weighted by atomic mass is 9.91. The average molecular weight is 238 g/mol. The number of rotatable bonds is 1. The Hall–Kier alpha value is -2.03. The largest absolute Gasteiger partial charge is 0.288 e. The maximum absolute atomic E-state index is 11.5. The Morgan fingerprint density at radius 1 is 1.22 bits per heavy atom. The summed E-state index contributed by atoms with van der Waals surface area (Å²) in [6.07, 6.45) is 9.13. The van der Waals surface area contributed by atoms with Gasteiger partial charge in [-0.05, 0) is 25.3 Å². The predicted molar refractivity (Wildman–Crippen MR) is 71.5 cm³/mol. The molecule has 3 rings (SSSR count). The fraction of sp³-hybridized carbons (Fsp3) is 0.267. The van der Waals surface area contributed by atoms with Gasteiger partial charge in [0.25, 0.3) is 5.56 Å². The van der Waals surface area contributed by atoms with Crippen molar-refractivity contribution in [2.75, 3.05) is 0 Å². The summed E-state index contributed by atoms with van der Waals surface area (Å²) < 4.78 is 0. The molecular weight excluding hydrogens is 224 g/mol. The van der Waals surface area contributed by atoms with E-state index in [0.29, 0.717) is 5.92 Å². The lowest BCUT2D eigenvalue weighted by Gasteiger charge is -2.15. The number of aromatic nitrogens is 2. The zero-order valence-electron chi connectivity index (χ0n) is 10.0. The van der Waals surface area contributed by atoms with Gasteiger partial charge in [-0.3, -0.25) is 9.78 Å². The monoisotopic (exact) mass is 238 g/mol. The molecule has 1 aliphatic rings. The fourth-order valence-corrected chi connectivity index (χ4v) is 2.47. The van der Waals surface area contributed by atoms with Gasteiger partial charge in [0.15, 0.2) is 0 Å². The first-order valence-electron chi connectivity index (χ1n) is 6.27. The molecule has 1 aromatic carbocycles. The van der Waals surface area contributed by atoms with Gasteiger partial charge in [-0.1, -0.05) is 30.4 Å². The quantitative estimate of drug-likeness (QED) is 0.717. The summed E-state index contributed by atoms with van der Waals surface area (Å²) in [5, 5.41) is 0.983. The number of hydrogen-bond donors (Lipinski definition) is 0. The van der Waals surface area contributed by atoms with Crippen LogP contribution in [0.25, 0.3) is 10.9 Å². The van der Waals surface area contributed by atoms with E-state index >= 15 is 0 Å². The van der Waals surface area contributed by atoms with E-state index in [1.54, 1.807) is 0 Å². The van der Waals surface area contributed by atoms with Crippen molar-refractivity contribution in [1.29, 1.82) is 0 Å². The maximum atomic E-state index is 11.5. The Morgan fingerprint density at radius 2 is 2.11 bits per heavy atom. The summed E-state index contributed by atoms with van der Waals surface area (Å²) in [5.74, 6) is 0.303. The van der Waals surface area contributed by atoms with Crippen LogP contribution < -0.4 is 5.56 Å². The van der Waals surface area contributed by atoms with E-state index in [9.17, 15) is 4.79 Å². The van der Waals surface area contributed by atoms with Gasteiger partial charge < -0.3 is 0 Å². The Labute approximate surface area is 105 Å². The second-order valence-electron chi connectivity index (χ2n) is 4.58. The van der Waals surface area contributed by atoms with E-state index in [1.165, 1.54) is 12.6 Å². The molecule has 0 saturated carbocycles. The number of nitrogens with zero attached hydrogens (tertiary/aromatic N) is 2. The average Bonchev–Trinajstić information content (AvgIpc) is 2.58. The minimum absolute atomic E-state index is 0.280. The highest BCUT2D eigenvalue weighted by molar-refractivity contribution is 5.80. The number of benzene rings is 1. The molecular formula is C15H14N2O. The first-order valence-corrected chi connectivity index (χ1v) is 6.27. The lowest BCUT2D eigenvalue weighted by molar-refractivity contribution is 0.646. The molecule has 3 nitrogen and oxygen atoms in total. The van der Waals surface area contributed by atoms with Crippen molar-refractivity contribution in [3.05, 3.63) is 58.7 Å². The summed E-state index contributed by atoms with van der Waals surface area (Å²) >= 11 is 0. The fourth-order valence-electron chi connectivity index (χ4n) is 2.47. The molecule has 0 saturated heterocycles. The van der Waals surface area contributed by atoms with Gasteiger partial charge in [-0.15, -0.1) is 0 Å². The Kier molecular flexibility index (Phi) is 2.89. The third kappa shape index (κ3) is 2.04. The molecule has 0 aliphatic heterocycles. The normalized spacial score (nSPS) is 19.0. The molecule has 18 heavy (non-hydrogen) atoms. The molecule has 0 bridgehead atoms. The van der Waals surface area contributed by atoms with Crippen molar-refractivity contribution in [3.63, 3.8) is 0 Å². The van der Waals surface area contributed by atoms with Gasteiger partial charge in [0.1, 0.15) is 0 Å². The molecule has 2 aromatic rings. The molecule has 1 atom stereocenters. The Balaban J connectivity index is 2.28. The molecule has 90 valence electrons. The van der Waals surface area contributed by atoms with E-state index in [4.69, 9.17) is 0 Å². The van der Waals surface area contributed by atoms with E-state index in [1.807, 2.05) is 24.3 Å². The van der Waals surface area contributed by atoms with Crippen LogP contribution in [0.1, 0.15) is 30.9 Å². The molecule has 0 unspecified atom stereocenters. The Morgan fingerprint density at radius 3 is 2.94 bits per heavy atom. The van der Waals surface area contributed by atoms with Crippen LogP contribution in [0, 0.1) is 0 Å². The third-order valence-electron chi connectivity index (χ3n) is 3.33. The minimum atomic E-state index is -0.280. The summed E-state index contributed by atoms with van der Waals surface area (Å²) in [4.78, 5) is 19.9. The molecule has 3 heteroatoms. The zero-order valence-corrected chi connectivity index (χ0v) is 10.0. The van der Waals surface area contributed by atoms with Gasteiger partial charge in [-0.2, -0.15) is 0 Å². The highest BCUT2D eigenvalue weighted by Crippen LogP contribution is 2.29. The summed E-state index contributed by atoms with van der Waals surface area (Å²) in [7, 11) is 0. The summed E-state index contributed by atoms with van der Waals surface area (Å²) in [6.45, 7) is 0. The number of para-hydroxylation sites is 1. The first-order chi connectivity index (χ1) is 8.84. The molecule has 1 aliphatic carbocycles. The van der Waals surface area contributed by atoms with Crippen LogP contribution in [0.2, 0.25) is 0 Å². The number of fused-ring (bicyclic) bond motifs is 1. The minimum Gasteiger partial charge on any atom is -0.266 e. The van der Waals surface area contributed by atoms with Gasteiger partial charge in [0, 0.05) is 11.3 Å². The first kappa shape index (κ1) is 11.1. The van der Waals surface area contributed by atoms with Gasteiger partial charge in [0.2, 0.25) is 0 Å². The molecule has 0 N–H and O–H groups in total. The summed E-state index contributed by atoms with van der Waals surface area (Å²) in [6, 6.07) is 7.72. The summed E-state index contributed by atoms with van der Waals surface area (Å²) in [5.41, 5.74) is 1.42. The van der Waals surface area contributed by atoms with Crippen LogP contribution in [0.5, 0.6) is 0 Å². The second-order valence-corrected chi connectivity index (χ2v) is 4.58. The van der Waals surface area contributed by atoms with Crippen LogP contribution in [-0.2, 0) is 0 Å². The SMILES string of the molecule is O=c1cnc([C@@H]2C=CCCC2)c2ccccc2n1. The van der Waals surface area contributed by atoms with Crippen LogP contribution >= 0.6 is 0 Å². The molecule has 0 fully saturated rings. The van der Waals surface area contributed by atoms with Crippen molar-refractivity contribution in [3.8, 4) is 0 Å². The van der Waals surface area contributed by atoms with E-state index in [2.05, 4.69) is 22.1 Å². The highest BCUT2D eigenvalue weighted by atomic mass is 16.1. The van der Waals surface area contributed by atoms with Crippen LogP contribution in [0.15, 0.2) is 47.4 Å². The van der Waals surface area contributed by atoms with Gasteiger partial charge in [0.05, 0.1) is 17.4 Å². The van der Waals surface area contributed by atoms with Crippen LogP contribution in [0.4, 0.5) is 0 Å². The maximum Gasteiger partial charge on any atom is 0.288 e. The molecule has 0 radical (unpaired) electrons. The van der Waals surface area contributed by atoms with Crippen molar-refractivity contribution in [1.82, 2.24) is 9.97 Å².